The van der Waals surface area contributed by atoms with Crippen LogP contribution in [-0.4, -0.2) is 0 Å². The molecule has 1 heterocycles. The van der Waals surface area contributed by atoms with Crippen LogP contribution in [0.1, 0.15) is 69.5 Å². The lowest BCUT2D eigenvalue weighted by Crippen LogP contribution is -2.31. The van der Waals surface area contributed by atoms with Crippen molar-refractivity contribution in [2.75, 3.05) is 4.90 Å². The number of nitrogens with zero attached hydrogens (tertiary/aromatic N) is 1. The van der Waals surface area contributed by atoms with Crippen molar-refractivity contribution in [2.45, 2.75) is 39.9 Å². The van der Waals surface area contributed by atoms with Crippen molar-refractivity contribution in [3.8, 4) is 33.4 Å². The summed E-state index contributed by atoms with van der Waals surface area (Å²) in [5.41, 5.74) is 23.1. The van der Waals surface area contributed by atoms with Gasteiger partial charge in [-0.3, -0.25) is 0 Å². The minimum Gasteiger partial charge on any atom is -0.309 e. The van der Waals surface area contributed by atoms with E-state index in [-0.39, 0.29) is 5.41 Å². The molecule has 0 radical (unpaired) electrons. The molecule has 0 saturated carbocycles. The molecule has 0 aromatic heterocycles. The summed E-state index contributed by atoms with van der Waals surface area (Å²) < 4.78 is 0. The lowest BCUT2D eigenvalue weighted by Gasteiger charge is -2.39. The molecule has 1 aliphatic heterocycles. The third-order valence-corrected chi connectivity index (χ3v) is 16.8. The van der Waals surface area contributed by atoms with Crippen molar-refractivity contribution in [1.82, 2.24) is 0 Å². The molecule has 0 fully saturated rings. The normalized spacial score (nSPS) is 15.3. The van der Waals surface area contributed by atoms with Crippen LogP contribution in [0.15, 0.2) is 246 Å². The molecule has 316 valence electrons. The first-order valence-electron chi connectivity index (χ1n) is 23.5. The van der Waals surface area contributed by atoms with Crippen LogP contribution in [0.4, 0.5) is 17.1 Å². The minimum atomic E-state index is -0.617. The van der Waals surface area contributed by atoms with Crippen LogP contribution in [0.25, 0.3) is 33.4 Å². The van der Waals surface area contributed by atoms with Gasteiger partial charge in [0, 0.05) is 26.5 Å². The number of rotatable bonds is 5. The van der Waals surface area contributed by atoms with Crippen molar-refractivity contribution in [2.24, 2.45) is 0 Å². The van der Waals surface area contributed by atoms with Gasteiger partial charge in [0.15, 0.2) is 0 Å². The van der Waals surface area contributed by atoms with E-state index in [1.807, 2.05) is 11.8 Å². The average Bonchev–Trinajstić information content (AvgIpc) is 3.98. The van der Waals surface area contributed by atoms with Crippen LogP contribution < -0.4 is 4.90 Å². The maximum Gasteiger partial charge on any atom is 0.0733 e. The second-order valence-electron chi connectivity index (χ2n) is 19.0. The van der Waals surface area contributed by atoms with E-state index < -0.39 is 10.8 Å². The van der Waals surface area contributed by atoms with Crippen LogP contribution in [0, 0.1) is 0 Å². The molecule has 2 heteroatoms. The molecule has 1 nitrogen and oxygen atoms in total. The predicted molar refractivity (Wildman–Crippen MR) is 277 cm³/mol. The number of hydrogen-bond donors (Lipinski definition) is 0. The summed E-state index contributed by atoms with van der Waals surface area (Å²) in [6.45, 7) is 4.76. The predicted octanol–water partition coefficient (Wildman–Crippen LogP) is 16.7. The topological polar surface area (TPSA) is 3.24 Å². The standard InChI is InChI=1S/C65H45NS/c1-63(2)55-34-17-19-38-60(55)67-61-41-43(39-40-56(61)63)66(58-36-18-16-33-54(58)64(42-21-4-3-5-22-42)49-28-11-6-23-44(49)45-24-7-12-29-50(45)64)59-37-20-35-57-62(59)48-27-10-15-32-53(48)65(57)51-30-13-8-25-46(51)47-26-9-14-31-52(47)65/h3-41H,1-2H3. The molecule has 0 saturated heterocycles. The van der Waals surface area contributed by atoms with Gasteiger partial charge in [-0.15, -0.1) is 0 Å². The Kier molecular flexibility index (Phi) is 8.17. The van der Waals surface area contributed by atoms with E-state index in [1.165, 1.54) is 104 Å². The molecule has 1 spiro atoms. The van der Waals surface area contributed by atoms with E-state index in [1.54, 1.807) is 0 Å². The van der Waals surface area contributed by atoms with Crippen LogP contribution in [0.2, 0.25) is 0 Å². The third kappa shape index (κ3) is 5.01. The van der Waals surface area contributed by atoms with Crippen molar-refractivity contribution < 1.29 is 0 Å². The minimum absolute atomic E-state index is 0.157. The van der Waals surface area contributed by atoms with E-state index in [9.17, 15) is 0 Å². The first-order valence-corrected chi connectivity index (χ1v) is 24.3. The number of fused-ring (bicyclic) bond motifs is 15. The number of para-hydroxylation sites is 1. The van der Waals surface area contributed by atoms with Gasteiger partial charge in [0.2, 0.25) is 0 Å². The largest absolute Gasteiger partial charge is 0.309 e. The Morgan fingerprint density at radius 3 is 1.36 bits per heavy atom. The molecule has 4 aliphatic rings. The van der Waals surface area contributed by atoms with Crippen LogP contribution in [0.3, 0.4) is 0 Å². The Morgan fingerprint density at radius 2 is 0.746 bits per heavy atom. The van der Waals surface area contributed by atoms with Crippen LogP contribution >= 0.6 is 11.8 Å². The molecular weight excluding hydrogens is 827 g/mol. The SMILES string of the molecule is CC1(C)c2ccccc2Sc2cc(N(c3ccccc3C3(c4ccccc4)c4ccccc4-c4ccccc43)c3cccc4c3-c3ccccc3C43c4ccccc4-c4ccccc43)ccc21. The Balaban J connectivity index is 1.10. The lowest BCUT2D eigenvalue weighted by molar-refractivity contribution is 0.607. The zero-order chi connectivity index (χ0) is 44.5. The Hall–Kier alpha value is -7.65. The van der Waals surface area contributed by atoms with Gasteiger partial charge in [-0.2, -0.15) is 0 Å². The molecule has 0 amide bonds. The van der Waals surface area contributed by atoms with Crippen LogP contribution in [0.5, 0.6) is 0 Å². The summed E-state index contributed by atoms with van der Waals surface area (Å²) in [5.74, 6) is 0. The Labute approximate surface area is 397 Å². The smallest absolute Gasteiger partial charge is 0.0733 e. The zero-order valence-electron chi connectivity index (χ0n) is 37.4. The fourth-order valence-corrected chi connectivity index (χ4v) is 14.4. The lowest BCUT2D eigenvalue weighted by atomic mass is 9.67. The number of anilines is 3. The third-order valence-electron chi connectivity index (χ3n) is 15.6. The summed E-state index contributed by atoms with van der Waals surface area (Å²) in [6.07, 6.45) is 0. The zero-order valence-corrected chi connectivity index (χ0v) is 38.2. The second kappa shape index (κ2) is 14.2. The highest BCUT2D eigenvalue weighted by molar-refractivity contribution is 7.99. The van der Waals surface area contributed by atoms with Gasteiger partial charge in [0.05, 0.1) is 22.2 Å². The molecule has 10 aromatic rings. The summed E-state index contributed by atoms with van der Waals surface area (Å²) in [7, 11) is 0. The van der Waals surface area contributed by atoms with E-state index in [0.717, 1.165) is 11.4 Å². The summed E-state index contributed by atoms with van der Waals surface area (Å²) in [6, 6.07) is 89.6. The summed E-state index contributed by atoms with van der Waals surface area (Å²) >= 11 is 1.90. The highest BCUT2D eigenvalue weighted by atomic mass is 32.2. The molecule has 0 bridgehead atoms. The van der Waals surface area contributed by atoms with Crippen molar-refractivity contribution in [3.63, 3.8) is 0 Å². The summed E-state index contributed by atoms with van der Waals surface area (Å²) in [4.78, 5) is 5.24. The maximum atomic E-state index is 2.62. The quantitative estimate of drug-likeness (QED) is 0.170. The van der Waals surface area contributed by atoms with Gasteiger partial charge in [0.25, 0.3) is 0 Å². The summed E-state index contributed by atoms with van der Waals surface area (Å²) in [5, 5.41) is 0. The molecule has 10 aromatic carbocycles. The first-order chi connectivity index (χ1) is 33.0. The van der Waals surface area contributed by atoms with E-state index in [0.29, 0.717) is 0 Å². The molecule has 0 unspecified atom stereocenters. The van der Waals surface area contributed by atoms with E-state index >= 15 is 0 Å². The van der Waals surface area contributed by atoms with Crippen LogP contribution in [-0.2, 0) is 16.2 Å². The van der Waals surface area contributed by atoms with Crippen molar-refractivity contribution in [3.05, 3.63) is 292 Å². The van der Waals surface area contributed by atoms with Gasteiger partial charge in [0.1, 0.15) is 0 Å². The highest BCUT2D eigenvalue weighted by Gasteiger charge is 2.53. The van der Waals surface area contributed by atoms with Gasteiger partial charge in [-0.05, 0) is 114 Å². The Bertz CT molecular complexity index is 3580. The molecule has 14 rings (SSSR count). The number of benzene rings is 10. The average molecular weight is 872 g/mol. The molecule has 0 N–H and O–H groups in total. The van der Waals surface area contributed by atoms with Gasteiger partial charge >= 0.3 is 0 Å². The fourth-order valence-electron chi connectivity index (χ4n) is 13.0. The molecule has 3 aliphatic carbocycles. The van der Waals surface area contributed by atoms with Gasteiger partial charge < -0.3 is 4.90 Å². The highest BCUT2D eigenvalue weighted by Crippen LogP contribution is 2.66. The number of hydrogen-bond acceptors (Lipinski definition) is 2. The molecule has 0 atom stereocenters. The first kappa shape index (κ1) is 38.6. The fraction of sp³-hybridized carbons (Fsp3) is 0.0769. The van der Waals surface area contributed by atoms with Gasteiger partial charge in [-0.1, -0.05) is 232 Å². The Morgan fingerprint density at radius 1 is 0.313 bits per heavy atom. The maximum absolute atomic E-state index is 2.62. The second-order valence-corrected chi connectivity index (χ2v) is 20.1. The van der Waals surface area contributed by atoms with Crippen molar-refractivity contribution >= 4 is 28.8 Å². The van der Waals surface area contributed by atoms with Crippen molar-refractivity contribution in [1.29, 1.82) is 0 Å². The van der Waals surface area contributed by atoms with Gasteiger partial charge in [-0.25, -0.2) is 0 Å². The van der Waals surface area contributed by atoms with E-state index in [4.69, 9.17) is 0 Å². The molecule has 67 heavy (non-hydrogen) atoms. The molecular formula is C65H45NS. The monoisotopic (exact) mass is 871 g/mol. The van der Waals surface area contributed by atoms with E-state index in [2.05, 4.69) is 255 Å².